The Labute approximate surface area is 83.8 Å². The molecular formula is C10H5NO2S. The van der Waals surface area contributed by atoms with Gasteiger partial charge in [0.15, 0.2) is 6.29 Å². The summed E-state index contributed by atoms with van der Waals surface area (Å²) in [5, 5.41) is 20.7. The fraction of sp³-hybridized carbons (Fsp3) is 0. The number of benzene rings is 1. The predicted molar refractivity (Wildman–Crippen MR) is 53.6 cm³/mol. The first-order valence-electron chi connectivity index (χ1n) is 3.86. The lowest BCUT2D eigenvalue weighted by Gasteiger charge is -2.00. The molecule has 0 aliphatic carbocycles. The van der Waals surface area contributed by atoms with Crippen LogP contribution in [0.25, 0.3) is 10.1 Å². The van der Waals surface area contributed by atoms with E-state index < -0.39 is 0 Å². The maximum Gasteiger partial charge on any atom is 0.154 e. The van der Waals surface area contributed by atoms with E-state index in [-0.39, 0.29) is 11.3 Å². The van der Waals surface area contributed by atoms with Crippen LogP contribution in [0.4, 0.5) is 0 Å². The third kappa shape index (κ3) is 1.07. The maximum absolute atomic E-state index is 10.7. The normalized spacial score (nSPS) is 9.93. The molecule has 4 heteroatoms. The number of aromatic hydroxyl groups is 1. The van der Waals surface area contributed by atoms with Gasteiger partial charge < -0.3 is 5.11 Å². The molecule has 0 radical (unpaired) electrons. The molecule has 1 aromatic carbocycles. The van der Waals surface area contributed by atoms with Crippen LogP contribution >= 0.6 is 11.3 Å². The van der Waals surface area contributed by atoms with Crippen molar-refractivity contribution in [3.8, 4) is 11.8 Å². The number of phenolic OH excluding ortho intramolecular Hbond substituents is 1. The molecule has 1 aromatic heterocycles. The first-order valence-corrected chi connectivity index (χ1v) is 4.74. The van der Waals surface area contributed by atoms with Gasteiger partial charge in [-0.05, 0) is 17.5 Å². The molecule has 0 unspecified atom stereocenters. The third-order valence-corrected chi connectivity index (χ3v) is 2.94. The van der Waals surface area contributed by atoms with Crippen molar-refractivity contribution < 1.29 is 9.90 Å². The summed E-state index contributed by atoms with van der Waals surface area (Å²) in [5.74, 6) is -0.137. The van der Waals surface area contributed by atoms with Crippen molar-refractivity contribution in [2.45, 2.75) is 0 Å². The molecule has 0 bridgehead atoms. The van der Waals surface area contributed by atoms with Gasteiger partial charge in [-0.25, -0.2) is 0 Å². The number of hydrogen-bond acceptors (Lipinski definition) is 4. The molecule has 0 fully saturated rings. The fourth-order valence-corrected chi connectivity index (χ4v) is 2.23. The second-order valence-electron chi connectivity index (χ2n) is 2.75. The highest BCUT2D eigenvalue weighted by molar-refractivity contribution is 7.17. The van der Waals surface area contributed by atoms with Crippen LogP contribution in [0.1, 0.15) is 15.9 Å². The van der Waals surface area contributed by atoms with Crippen LogP contribution in [0.2, 0.25) is 0 Å². The van der Waals surface area contributed by atoms with Gasteiger partial charge in [-0.15, -0.1) is 11.3 Å². The Balaban J connectivity index is 2.97. The molecule has 14 heavy (non-hydrogen) atoms. The van der Waals surface area contributed by atoms with E-state index in [4.69, 9.17) is 5.26 Å². The van der Waals surface area contributed by atoms with Gasteiger partial charge >= 0.3 is 0 Å². The molecule has 1 N–H and O–H groups in total. The number of phenols is 1. The summed E-state index contributed by atoms with van der Waals surface area (Å²) in [5.41, 5.74) is 0.651. The number of nitriles is 1. The lowest BCUT2D eigenvalue weighted by Crippen LogP contribution is -1.85. The molecule has 0 spiro atoms. The van der Waals surface area contributed by atoms with Crippen LogP contribution in [-0.2, 0) is 0 Å². The topological polar surface area (TPSA) is 61.1 Å². The lowest BCUT2D eigenvalue weighted by atomic mass is 10.1. The molecule has 0 saturated heterocycles. The minimum absolute atomic E-state index is 0.137. The lowest BCUT2D eigenvalue weighted by molar-refractivity contribution is 0.112. The van der Waals surface area contributed by atoms with Crippen LogP contribution in [0.3, 0.4) is 0 Å². The largest absolute Gasteiger partial charge is 0.507 e. The Morgan fingerprint density at radius 1 is 1.57 bits per heavy atom. The Bertz CT molecular complexity index is 551. The summed E-state index contributed by atoms with van der Waals surface area (Å²) in [4.78, 5) is 10.7. The number of nitrogens with zero attached hydrogens (tertiary/aromatic N) is 1. The van der Waals surface area contributed by atoms with Crippen molar-refractivity contribution in [1.29, 1.82) is 5.26 Å². The average molecular weight is 203 g/mol. The van der Waals surface area contributed by atoms with E-state index in [0.29, 0.717) is 17.2 Å². The maximum atomic E-state index is 10.7. The van der Waals surface area contributed by atoms with Gasteiger partial charge in [0.2, 0.25) is 0 Å². The van der Waals surface area contributed by atoms with Gasteiger partial charge in [-0.2, -0.15) is 5.26 Å². The van der Waals surface area contributed by atoms with Crippen LogP contribution in [-0.4, -0.2) is 11.4 Å². The van der Waals surface area contributed by atoms with Crippen molar-refractivity contribution in [2.75, 3.05) is 0 Å². The predicted octanol–water partition coefficient (Wildman–Crippen LogP) is 2.29. The second-order valence-corrected chi connectivity index (χ2v) is 3.67. The minimum atomic E-state index is -0.137. The number of fused-ring (bicyclic) bond motifs is 1. The summed E-state index contributed by atoms with van der Waals surface area (Å²) in [7, 11) is 0. The van der Waals surface area contributed by atoms with Crippen molar-refractivity contribution >= 4 is 27.7 Å². The summed E-state index contributed by atoms with van der Waals surface area (Å²) in [6.45, 7) is 0. The first kappa shape index (κ1) is 8.73. The molecule has 0 amide bonds. The van der Waals surface area contributed by atoms with E-state index >= 15 is 0 Å². The monoisotopic (exact) mass is 203 g/mol. The molecule has 2 aromatic rings. The smallest absolute Gasteiger partial charge is 0.154 e. The molecule has 3 nitrogen and oxygen atoms in total. The van der Waals surface area contributed by atoms with Crippen molar-refractivity contribution in [1.82, 2.24) is 0 Å². The number of rotatable bonds is 1. The summed E-state index contributed by atoms with van der Waals surface area (Å²) in [6.07, 6.45) is 0.603. The Morgan fingerprint density at radius 2 is 2.36 bits per heavy atom. The number of aldehydes is 1. The molecule has 0 atom stereocenters. The molecule has 1 heterocycles. The van der Waals surface area contributed by atoms with Gasteiger partial charge in [-0.3, -0.25) is 4.79 Å². The summed E-state index contributed by atoms with van der Waals surface area (Å²) >= 11 is 1.38. The van der Waals surface area contributed by atoms with E-state index in [2.05, 4.69) is 0 Å². The van der Waals surface area contributed by atoms with Gasteiger partial charge in [0, 0.05) is 5.39 Å². The van der Waals surface area contributed by atoms with E-state index in [1.54, 1.807) is 11.4 Å². The zero-order chi connectivity index (χ0) is 10.1. The Morgan fingerprint density at radius 3 is 3.00 bits per heavy atom. The van der Waals surface area contributed by atoms with Gasteiger partial charge in [0.25, 0.3) is 0 Å². The van der Waals surface area contributed by atoms with Crippen molar-refractivity contribution in [2.24, 2.45) is 0 Å². The second kappa shape index (κ2) is 3.13. The zero-order valence-corrected chi connectivity index (χ0v) is 7.84. The number of carbonyl (C=O) groups is 1. The SMILES string of the molecule is N#Cc1cc(O)c(C=O)c2ccsc12. The highest BCUT2D eigenvalue weighted by Gasteiger charge is 2.11. The molecule has 0 aliphatic heterocycles. The first-order chi connectivity index (χ1) is 6.77. The van der Waals surface area contributed by atoms with E-state index in [0.717, 1.165) is 4.70 Å². The Hall–Kier alpha value is -1.86. The van der Waals surface area contributed by atoms with Crippen LogP contribution in [0.5, 0.6) is 5.75 Å². The standard InChI is InChI=1S/C10H5NO2S/c11-4-6-3-9(13)8(5-12)7-1-2-14-10(6)7/h1-3,5,13H. The zero-order valence-electron chi connectivity index (χ0n) is 7.02. The van der Waals surface area contributed by atoms with Gasteiger partial charge in [-0.1, -0.05) is 0 Å². The molecular weight excluding hydrogens is 198 g/mol. The third-order valence-electron chi connectivity index (χ3n) is 2.00. The van der Waals surface area contributed by atoms with Crippen LogP contribution < -0.4 is 0 Å². The molecule has 0 saturated carbocycles. The van der Waals surface area contributed by atoms with Crippen molar-refractivity contribution in [3.63, 3.8) is 0 Å². The van der Waals surface area contributed by atoms with E-state index in [1.807, 2.05) is 6.07 Å². The van der Waals surface area contributed by atoms with Crippen LogP contribution in [0.15, 0.2) is 17.5 Å². The Kier molecular flexibility index (Phi) is 1.95. The minimum Gasteiger partial charge on any atom is -0.507 e. The highest BCUT2D eigenvalue weighted by Crippen LogP contribution is 2.32. The van der Waals surface area contributed by atoms with Gasteiger partial charge in [0.05, 0.1) is 15.8 Å². The quantitative estimate of drug-likeness (QED) is 0.723. The number of thiophene rings is 1. The van der Waals surface area contributed by atoms with Crippen molar-refractivity contribution in [3.05, 3.63) is 28.6 Å². The summed E-state index contributed by atoms with van der Waals surface area (Å²) in [6, 6.07) is 5.03. The number of carbonyl (C=O) groups excluding carboxylic acids is 1. The highest BCUT2D eigenvalue weighted by atomic mass is 32.1. The molecule has 0 aliphatic rings. The van der Waals surface area contributed by atoms with Crippen LogP contribution in [0, 0.1) is 11.3 Å². The average Bonchev–Trinajstić information content (AvgIpc) is 2.65. The molecule has 68 valence electrons. The summed E-state index contributed by atoms with van der Waals surface area (Å²) < 4.78 is 0.743. The van der Waals surface area contributed by atoms with E-state index in [1.165, 1.54) is 17.4 Å². The van der Waals surface area contributed by atoms with E-state index in [9.17, 15) is 9.90 Å². The van der Waals surface area contributed by atoms with Gasteiger partial charge in [0.1, 0.15) is 11.8 Å². The number of hydrogen-bond donors (Lipinski definition) is 1. The fourth-order valence-electron chi connectivity index (χ4n) is 1.35. The molecule has 2 rings (SSSR count).